The van der Waals surface area contributed by atoms with Crippen LogP contribution in [-0.2, 0) is 21.4 Å². The van der Waals surface area contributed by atoms with Gasteiger partial charge in [-0.1, -0.05) is 48.5 Å². The van der Waals surface area contributed by atoms with Gasteiger partial charge in [0.2, 0.25) is 11.8 Å². The number of nitrogens with two attached hydrogens (primary N) is 1. The van der Waals surface area contributed by atoms with Crippen molar-refractivity contribution in [1.82, 2.24) is 4.90 Å². The summed E-state index contributed by atoms with van der Waals surface area (Å²) in [5, 5.41) is 0. The van der Waals surface area contributed by atoms with Gasteiger partial charge in [-0.15, -0.1) is 0 Å². The Labute approximate surface area is 166 Å². The second kappa shape index (κ2) is 7.40. The zero-order valence-electron chi connectivity index (χ0n) is 16.3. The maximum absolute atomic E-state index is 13.5. The predicted octanol–water partition coefficient (Wildman–Crippen LogP) is 2.48. The molecule has 0 saturated carbocycles. The molecule has 0 radical (unpaired) electrons. The summed E-state index contributed by atoms with van der Waals surface area (Å²) in [6.45, 7) is 1.35. The number of hydrogen-bond donors (Lipinski definition) is 1. The van der Waals surface area contributed by atoms with E-state index in [0.717, 1.165) is 29.7 Å². The lowest BCUT2D eigenvalue weighted by Gasteiger charge is -2.34. The van der Waals surface area contributed by atoms with E-state index in [1.54, 1.807) is 11.9 Å². The van der Waals surface area contributed by atoms with Gasteiger partial charge in [0, 0.05) is 38.3 Å². The molecule has 2 aromatic carbocycles. The van der Waals surface area contributed by atoms with E-state index in [1.165, 1.54) is 0 Å². The molecule has 0 spiro atoms. The van der Waals surface area contributed by atoms with Crippen LogP contribution in [0.1, 0.15) is 30.4 Å². The van der Waals surface area contributed by atoms with Crippen LogP contribution in [-0.4, -0.2) is 42.9 Å². The normalized spacial score (nSPS) is 22.4. The average molecular weight is 377 g/mol. The third kappa shape index (κ3) is 3.20. The Hall–Kier alpha value is -2.66. The molecule has 2 heterocycles. The molecule has 2 amide bonds. The molecule has 0 unspecified atom stereocenters. The van der Waals surface area contributed by atoms with Crippen LogP contribution in [0.4, 0.5) is 5.69 Å². The standard InChI is InChI=1S/C23H27N3O2/c1-25-20-10-6-5-9-19(20)23(22(25)28,15-17-7-3-2-4-8-17)16-21(27)26-13-11-18(24)12-14-26/h2-10,18H,11-16,24H2,1H3/t23-/m0/s1. The summed E-state index contributed by atoms with van der Waals surface area (Å²) in [4.78, 5) is 30.3. The number of nitrogens with zero attached hydrogens (tertiary/aromatic N) is 2. The lowest BCUT2D eigenvalue weighted by molar-refractivity contribution is -0.137. The lowest BCUT2D eigenvalue weighted by Crippen LogP contribution is -2.48. The maximum Gasteiger partial charge on any atom is 0.238 e. The zero-order chi connectivity index (χ0) is 19.7. The molecular weight excluding hydrogens is 350 g/mol. The number of benzene rings is 2. The van der Waals surface area contributed by atoms with Crippen LogP contribution in [0.2, 0.25) is 0 Å². The van der Waals surface area contributed by atoms with Crippen molar-refractivity contribution in [2.45, 2.75) is 37.1 Å². The van der Waals surface area contributed by atoms with Gasteiger partial charge in [-0.3, -0.25) is 9.59 Å². The Morgan fingerprint density at radius 1 is 1.07 bits per heavy atom. The summed E-state index contributed by atoms with van der Waals surface area (Å²) in [5.74, 6) is 0.0425. The Bertz CT molecular complexity index is 874. The van der Waals surface area contributed by atoms with Gasteiger partial charge in [0.25, 0.3) is 0 Å². The highest BCUT2D eigenvalue weighted by atomic mass is 16.2. The highest BCUT2D eigenvalue weighted by Gasteiger charge is 2.51. The van der Waals surface area contributed by atoms with Crippen molar-refractivity contribution in [1.29, 1.82) is 0 Å². The highest BCUT2D eigenvalue weighted by Crippen LogP contribution is 2.45. The van der Waals surface area contributed by atoms with Crippen molar-refractivity contribution in [3.05, 3.63) is 65.7 Å². The molecule has 1 saturated heterocycles. The number of fused-ring (bicyclic) bond motifs is 1. The molecule has 0 aliphatic carbocycles. The van der Waals surface area contributed by atoms with Crippen molar-refractivity contribution < 1.29 is 9.59 Å². The first-order valence-corrected chi connectivity index (χ1v) is 9.96. The van der Waals surface area contributed by atoms with Crippen LogP contribution in [0.15, 0.2) is 54.6 Å². The molecule has 2 aliphatic heterocycles. The second-order valence-electron chi connectivity index (χ2n) is 8.02. The molecule has 2 aromatic rings. The number of hydrogen-bond acceptors (Lipinski definition) is 3. The third-order valence-electron chi connectivity index (χ3n) is 6.19. The third-order valence-corrected chi connectivity index (χ3v) is 6.19. The fourth-order valence-electron chi connectivity index (χ4n) is 4.58. The largest absolute Gasteiger partial charge is 0.343 e. The minimum absolute atomic E-state index is 0.000358. The van der Waals surface area contributed by atoms with E-state index < -0.39 is 5.41 Å². The first-order valence-electron chi connectivity index (χ1n) is 9.96. The van der Waals surface area contributed by atoms with Crippen LogP contribution in [0.25, 0.3) is 0 Å². The van der Waals surface area contributed by atoms with E-state index in [1.807, 2.05) is 59.5 Å². The van der Waals surface area contributed by atoms with Crippen LogP contribution in [0.5, 0.6) is 0 Å². The number of likely N-dealkylation sites (N-methyl/N-ethyl adjacent to an activating group) is 1. The van der Waals surface area contributed by atoms with Crippen molar-refractivity contribution in [2.24, 2.45) is 5.73 Å². The van der Waals surface area contributed by atoms with E-state index >= 15 is 0 Å². The first kappa shape index (κ1) is 18.7. The van der Waals surface area contributed by atoms with E-state index in [-0.39, 0.29) is 24.3 Å². The van der Waals surface area contributed by atoms with Gasteiger partial charge in [0.15, 0.2) is 0 Å². The molecule has 1 fully saturated rings. The molecule has 146 valence electrons. The molecule has 4 rings (SSSR count). The number of rotatable bonds is 4. The fourth-order valence-corrected chi connectivity index (χ4v) is 4.58. The number of carbonyl (C=O) groups excluding carboxylic acids is 2. The molecule has 2 aliphatic rings. The van der Waals surface area contributed by atoms with E-state index in [2.05, 4.69) is 0 Å². The Balaban J connectivity index is 1.71. The number of piperidine rings is 1. The van der Waals surface area contributed by atoms with Gasteiger partial charge in [-0.2, -0.15) is 0 Å². The van der Waals surface area contributed by atoms with Gasteiger partial charge >= 0.3 is 0 Å². The topological polar surface area (TPSA) is 66.6 Å². The number of carbonyl (C=O) groups is 2. The SMILES string of the molecule is CN1C(=O)[C@](CC(=O)N2CCC(N)CC2)(Cc2ccccc2)c2ccccc21. The number of amides is 2. The van der Waals surface area contributed by atoms with Crippen LogP contribution >= 0.6 is 0 Å². The second-order valence-corrected chi connectivity index (χ2v) is 8.02. The van der Waals surface area contributed by atoms with E-state index in [0.29, 0.717) is 19.5 Å². The van der Waals surface area contributed by atoms with Crippen molar-refractivity contribution in [3.63, 3.8) is 0 Å². The van der Waals surface area contributed by atoms with Crippen molar-refractivity contribution >= 4 is 17.5 Å². The van der Waals surface area contributed by atoms with E-state index in [4.69, 9.17) is 5.73 Å². The molecule has 5 nitrogen and oxygen atoms in total. The smallest absolute Gasteiger partial charge is 0.238 e. The van der Waals surface area contributed by atoms with Gasteiger partial charge in [0.05, 0.1) is 5.41 Å². The number of anilines is 1. The van der Waals surface area contributed by atoms with Gasteiger partial charge in [-0.25, -0.2) is 0 Å². The predicted molar refractivity (Wildman–Crippen MR) is 110 cm³/mol. The highest BCUT2D eigenvalue weighted by molar-refractivity contribution is 6.09. The Morgan fingerprint density at radius 2 is 1.71 bits per heavy atom. The minimum Gasteiger partial charge on any atom is -0.343 e. The molecule has 0 aromatic heterocycles. The summed E-state index contributed by atoms with van der Waals surface area (Å²) in [5.41, 5.74) is 8.05. The number of likely N-dealkylation sites (tertiary alicyclic amines) is 1. The molecule has 5 heteroatoms. The maximum atomic E-state index is 13.5. The molecule has 28 heavy (non-hydrogen) atoms. The first-order chi connectivity index (χ1) is 13.5. The molecular formula is C23H27N3O2. The average Bonchev–Trinajstić information content (AvgIpc) is 2.92. The van der Waals surface area contributed by atoms with E-state index in [9.17, 15) is 9.59 Å². The van der Waals surface area contributed by atoms with Crippen LogP contribution in [0, 0.1) is 0 Å². The fraction of sp³-hybridized carbons (Fsp3) is 0.391. The number of para-hydroxylation sites is 1. The summed E-state index contributed by atoms with van der Waals surface area (Å²) in [6.07, 6.45) is 2.36. The summed E-state index contributed by atoms with van der Waals surface area (Å²) in [7, 11) is 1.80. The molecule has 0 bridgehead atoms. The lowest BCUT2D eigenvalue weighted by atomic mass is 9.73. The summed E-state index contributed by atoms with van der Waals surface area (Å²) < 4.78 is 0. The molecule has 1 atom stereocenters. The van der Waals surface area contributed by atoms with Crippen LogP contribution < -0.4 is 10.6 Å². The molecule has 2 N–H and O–H groups in total. The van der Waals surface area contributed by atoms with Gasteiger partial charge in [-0.05, 0) is 36.5 Å². The Kier molecular flexibility index (Phi) is 4.94. The van der Waals surface area contributed by atoms with Crippen molar-refractivity contribution in [3.8, 4) is 0 Å². The summed E-state index contributed by atoms with van der Waals surface area (Å²) in [6, 6.07) is 18.0. The monoisotopic (exact) mass is 377 g/mol. The Morgan fingerprint density at radius 3 is 2.43 bits per heavy atom. The van der Waals surface area contributed by atoms with Crippen LogP contribution in [0.3, 0.4) is 0 Å². The van der Waals surface area contributed by atoms with Gasteiger partial charge in [0.1, 0.15) is 0 Å². The quantitative estimate of drug-likeness (QED) is 0.890. The zero-order valence-corrected chi connectivity index (χ0v) is 16.3. The van der Waals surface area contributed by atoms with Crippen molar-refractivity contribution in [2.75, 3.05) is 25.0 Å². The van der Waals surface area contributed by atoms with Gasteiger partial charge < -0.3 is 15.5 Å². The minimum atomic E-state index is -0.858. The summed E-state index contributed by atoms with van der Waals surface area (Å²) >= 11 is 0.